The number of hydrogen-bond donors (Lipinski definition) is 4. The van der Waals surface area contributed by atoms with E-state index in [0.717, 1.165) is 29.2 Å². The van der Waals surface area contributed by atoms with Crippen molar-refractivity contribution < 1.29 is 14.3 Å². The molecule has 1 aliphatic rings. The Morgan fingerprint density at radius 1 is 1.06 bits per heavy atom. The zero-order chi connectivity index (χ0) is 24.6. The molecule has 2 aromatic carbocycles. The minimum absolute atomic E-state index is 0.0705. The highest BCUT2D eigenvalue weighted by Crippen LogP contribution is 2.25. The van der Waals surface area contributed by atoms with Crippen LogP contribution in [0.5, 0.6) is 0 Å². The summed E-state index contributed by atoms with van der Waals surface area (Å²) in [5, 5.41) is 8.77. The molecule has 182 valence electrons. The molecular formula is C25H29N7O3. The van der Waals surface area contributed by atoms with Gasteiger partial charge in [0, 0.05) is 50.1 Å². The Morgan fingerprint density at radius 2 is 1.80 bits per heavy atom. The van der Waals surface area contributed by atoms with E-state index in [-0.39, 0.29) is 17.4 Å². The van der Waals surface area contributed by atoms with Crippen molar-refractivity contribution in [3.05, 3.63) is 78.0 Å². The predicted molar refractivity (Wildman–Crippen MR) is 133 cm³/mol. The van der Waals surface area contributed by atoms with Crippen LogP contribution in [-0.2, 0) is 11.3 Å². The number of nitrogens with one attached hydrogen (secondary N) is 2. The van der Waals surface area contributed by atoms with Gasteiger partial charge in [-0.05, 0) is 41.2 Å². The number of carbonyl (C=O) groups excluding carboxylic acids is 2. The molecule has 0 atom stereocenters. The summed E-state index contributed by atoms with van der Waals surface area (Å²) in [7, 11) is 0. The van der Waals surface area contributed by atoms with Crippen molar-refractivity contribution >= 4 is 28.4 Å². The van der Waals surface area contributed by atoms with E-state index in [9.17, 15) is 9.59 Å². The second-order valence-electron chi connectivity index (χ2n) is 8.31. The number of amides is 2. The van der Waals surface area contributed by atoms with Crippen LogP contribution in [-0.4, -0.2) is 46.5 Å². The van der Waals surface area contributed by atoms with Crippen molar-refractivity contribution in [3.63, 3.8) is 0 Å². The maximum Gasteiger partial charge on any atom is 0.273 e. The number of nitrogens with two attached hydrogens (primary N) is 2. The molecule has 10 nitrogen and oxygen atoms in total. The van der Waals surface area contributed by atoms with Gasteiger partial charge in [0.25, 0.3) is 11.8 Å². The molecule has 10 heteroatoms. The van der Waals surface area contributed by atoms with Gasteiger partial charge in [-0.15, -0.1) is 0 Å². The molecule has 1 saturated heterocycles. The van der Waals surface area contributed by atoms with Gasteiger partial charge in [0.1, 0.15) is 0 Å². The third-order valence-electron chi connectivity index (χ3n) is 5.93. The Hall–Kier alpha value is -4.02. The molecule has 1 aromatic heterocycles. The highest BCUT2D eigenvalue weighted by atomic mass is 16.5. The van der Waals surface area contributed by atoms with Crippen LogP contribution in [0.15, 0.2) is 61.2 Å². The zero-order valence-corrected chi connectivity index (χ0v) is 19.3. The van der Waals surface area contributed by atoms with E-state index >= 15 is 0 Å². The monoisotopic (exact) mass is 475 g/mol. The van der Waals surface area contributed by atoms with Crippen LogP contribution in [0.25, 0.3) is 10.8 Å². The molecule has 1 fully saturated rings. The summed E-state index contributed by atoms with van der Waals surface area (Å²) in [6.07, 6.45) is 7.60. The maximum atomic E-state index is 13.3. The highest BCUT2D eigenvalue weighted by molar-refractivity contribution is 6.14. The number of benzene rings is 2. The Morgan fingerprint density at radius 3 is 2.57 bits per heavy atom. The number of ether oxygens (including phenoxy) is 1. The maximum absolute atomic E-state index is 13.3. The lowest BCUT2D eigenvalue weighted by Gasteiger charge is -2.22. The first kappa shape index (κ1) is 24.1. The second-order valence-corrected chi connectivity index (χ2v) is 8.31. The second kappa shape index (κ2) is 11.4. The number of aromatic nitrogens is 2. The van der Waals surface area contributed by atoms with Crippen LogP contribution in [0, 0.1) is 5.92 Å². The third kappa shape index (κ3) is 5.92. The van der Waals surface area contributed by atoms with Crippen molar-refractivity contribution in [2.75, 3.05) is 25.1 Å². The molecule has 0 saturated carbocycles. The fourth-order valence-electron chi connectivity index (χ4n) is 4.10. The van der Waals surface area contributed by atoms with Crippen LogP contribution in [0.1, 0.15) is 39.3 Å². The van der Waals surface area contributed by atoms with Gasteiger partial charge >= 0.3 is 0 Å². The normalized spacial score (nSPS) is 14.2. The van der Waals surface area contributed by atoms with Gasteiger partial charge in [0.2, 0.25) is 0 Å². The van der Waals surface area contributed by atoms with Crippen LogP contribution in [0.4, 0.5) is 5.82 Å². The van der Waals surface area contributed by atoms with E-state index in [1.807, 2.05) is 30.3 Å². The van der Waals surface area contributed by atoms with Gasteiger partial charge in [0.15, 0.2) is 11.5 Å². The fraction of sp³-hybridized carbons (Fsp3) is 0.280. The largest absolute Gasteiger partial charge is 0.403 e. The zero-order valence-electron chi connectivity index (χ0n) is 19.3. The van der Waals surface area contributed by atoms with E-state index in [2.05, 4.69) is 20.6 Å². The van der Waals surface area contributed by atoms with Crippen LogP contribution < -0.4 is 22.2 Å². The average Bonchev–Trinajstić information content (AvgIpc) is 2.88. The van der Waals surface area contributed by atoms with Gasteiger partial charge in [0.05, 0.1) is 6.54 Å². The van der Waals surface area contributed by atoms with Crippen LogP contribution in [0.2, 0.25) is 0 Å². The predicted octanol–water partition coefficient (Wildman–Crippen LogP) is 2.14. The first-order valence-corrected chi connectivity index (χ1v) is 11.5. The van der Waals surface area contributed by atoms with Crippen molar-refractivity contribution in [2.45, 2.75) is 19.4 Å². The summed E-state index contributed by atoms with van der Waals surface area (Å²) < 4.78 is 5.36. The first-order chi connectivity index (χ1) is 17.1. The Balaban J connectivity index is 1.53. The summed E-state index contributed by atoms with van der Waals surface area (Å²) in [5.41, 5.74) is 6.88. The molecule has 3 aromatic rings. The Labute approximate surface area is 203 Å². The standard InChI is InChI=1S/C25H29N7O3/c26-9-12-32(27)16-18-5-6-21(20-4-2-1-3-19(18)20)24(33)31-23-22(28-10-11-29-23)25(34)30-15-17-7-13-35-14-8-17/h1-6,9-12,17H,7-8,13-16,26-27H2,(H,30,34)(H,29,31,33)/b12-9-. The minimum atomic E-state index is -0.391. The molecule has 2 heterocycles. The number of anilines is 1. The molecule has 2 amide bonds. The van der Waals surface area contributed by atoms with Crippen LogP contribution in [0.3, 0.4) is 0 Å². The topological polar surface area (TPSA) is 148 Å². The van der Waals surface area contributed by atoms with E-state index in [1.54, 1.807) is 12.3 Å². The van der Waals surface area contributed by atoms with Crippen molar-refractivity contribution in [2.24, 2.45) is 17.5 Å². The molecule has 4 rings (SSSR count). The van der Waals surface area contributed by atoms with Gasteiger partial charge in [-0.25, -0.2) is 15.8 Å². The van der Waals surface area contributed by atoms with Gasteiger partial charge in [-0.1, -0.05) is 30.3 Å². The molecule has 0 spiro atoms. The molecule has 1 aliphatic heterocycles. The smallest absolute Gasteiger partial charge is 0.273 e. The fourth-order valence-corrected chi connectivity index (χ4v) is 4.10. The minimum Gasteiger partial charge on any atom is -0.403 e. The molecular weight excluding hydrogens is 446 g/mol. The molecule has 0 unspecified atom stereocenters. The van der Waals surface area contributed by atoms with Crippen molar-refractivity contribution in [1.29, 1.82) is 0 Å². The number of hydrazine groups is 1. The molecule has 6 N–H and O–H groups in total. The lowest BCUT2D eigenvalue weighted by molar-refractivity contribution is 0.0642. The first-order valence-electron chi connectivity index (χ1n) is 11.5. The Bertz CT molecular complexity index is 1220. The van der Waals surface area contributed by atoms with Crippen molar-refractivity contribution in [1.82, 2.24) is 20.3 Å². The Kier molecular flexibility index (Phi) is 7.86. The summed E-state index contributed by atoms with van der Waals surface area (Å²) >= 11 is 0. The summed E-state index contributed by atoms with van der Waals surface area (Å²) in [4.78, 5) is 34.4. The summed E-state index contributed by atoms with van der Waals surface area (Å²) in [5.74, 6) is 5.65. The lowest BCUT2D eigenvalue weighted by Crippen LogP contribution is -2.33. The number of rotatable bonds is 8. The van der Waals surface area contributed by atoms with Gasteiger partial charge < -0.3 is 26.1 Å². The average molecular weight is 476 g/mol. The lowest BCUT2D eigenvalue weighted by atomic mass is 9.99. The summed E-state index contributed by atoms with van der Waals surface area (Å²) in [6.45, 7) is 2.34. The van der Waals surface area contributed by atoms with Gasteiger partial charge in [-0.2, -0.15) is 0 Å². The summed E-state index contributed by atoms with van der Waals surface area (Å²) in [6, 6.07) is 11.1. The van der Waals surface area contributed by atoms with Crippen molar-refractivity contribution in [3.8, 4) is 0 Å². The highest BCUT2D eigenvalue weighted by Gasteiger charge is 2.21. The number of nitrogens with zero attached hydrogens (tertiary/aromatic N) is 3. The number of fused-ring (bicyclic) bond motifs is 1. The third-order valence-corrected chi connectivity index (χ3v) is 5.93. The van der Waals surface area contributed by atoms with E-state index < -0.39 is 5.91 Å². The van der Waals surface area contributed by atoms with E-state index in [1.165, 1.54) is 23.6 Å². The van der Waals surface area contributed by atoms with Crippen LogP contribution >= 0.6 is 0 Å². The molecule has 0 bridgehead atoms. The quantitative estimate of drug-likeness (QED) is 0.286. The number of hydrogen-bond acceptors (Lipinski definition) is 8. The van der Waals surface area contributed by atoms with E-state index in [4.69, 9.17) is 16.3 Å². The molecule has 35 heavy (non-hydrogen) atoms. The number of carbonyl (C=O) groups is 2. The van der Waals surface area contributed by atoms with Gasteiger partial charge in [-0.3, -0.25) is 9.59 Å². The molecule has 0 radical (unpaired) electrons. The van der Waals surface area contributed by atoms with E-state index in [0.29, 0.717) is 37.8 Å². The molecule has 0 aliphatic carbocycles. The SMILES string of the molecule is N/C=C\N(N)Cc1ccc(C(=O)Nc2nccnc2C(=O)NCC2CCOCC2)c2ccccc12.